The summed E-state index contributed by atoms with van der Waals surface area (Å²) in [6, 6.07) is 7.56. The van der Waals surface area contributed by atoms with Crippen LogP contribution < -0.4 is 21.9 Å². The normalized spacial score (nSPS) is 10.8. The number of H-pyrrole nitrogens is 1. The first-order valence-corrected chi connectivity index (χ1v) is 9.37. The van der Waals surface area contributed by atoms with Crippen LogP contribution >= 0.6 is 0 Å². The number of ether oxygens (including phenoxy) is 1. The Morgan fingerprint density at radius 3 is 2.64 bits per heavy atom. The lowest BCUT2D eigenvalue weighted by molar-refractivity contribution is -0.118. The lowest BCUT2D eigenvalue weighted by Gasteiger charge is -2.24. The third kappa shape index (κ3) is 4.89. The average molecular weight is 388 g/mol. The Morgan fingerprint density at radius 2 is 2.00 bits per heavy atom. The Morgan fingerprint density at radius 1 is 1.29 bits per heavy atom. The number of aromatic amines is 1. The van der Waals surface area contributed by atoms with E-state index in [2.05, 4.69) is 4.98 Å². The van der Waals surface area contributed by atoms with Crippen LogP contribution in [0.4, 0.5) is 11.5 Å². The number of carbonyl (C=O) groups excluding carboxylic acids is 1. The summed E-state index contributed by atoms with van der Waals surface area (Å²) in [5, 5.41) is 0. The Kier molecular flexibility index (Phi) is 7.57. The fraction of sp³-hybridized carbons (Fsp3) is 0.450. The van der Waals surface area contributed by atoms with Crippen molar-refractivity contribution >= 4 is 17.4 Å². The van der Waals surface area contributed by atoms with Gasteiger partial charge in [-0.2, -0.15) is 0 Å². The van der Waals surface area contributed by atoms with Crippen LogP contribution in [0.2, 0.25) is 0 Å². The van der Waals surface area contributed by atoms with Crippen molar-refractivity contribution in [3.63, 3.8) is 0 Å². The van der Waals surface area contributed by atoms with Gasteiger partial charge in [-0.1, -0.05) is 37.6 Å². The molecule has 3 N–H and O–H groups in total. The Balaban J connectivity index is 2.47. The molecule has 0 saturated carbocycles. The van der Waals surface area contributed by atoms with Gasteiger partial charge in [-0.15, -0.1) is 0 Å². The first-order valence-electron chi connectivity index (χ1n) is 9.37. The fourth-order valence-corrected chi connectivity index (χ4v) is 2.99. The maximum atomic E-state index is 13.1. The Labute approximate surface area is 163 Å². The second kappa shape index (κ2) is 9.89. The maximum absolute atomic E-state index is 13.1. The van der Waals surface area contributed by atoms with Crippen molar-refractivity contribution in [2.75, 3.05) is 30.9 Å². The third-order valence-corrected chi connectivity index (χ3v) is 4.64. The van der Waals surface area contributed by atoms with Crippen molar-refractivity contribution in [3.8, 4) is 0 Å². The lowest BCUT2D eigenvalue weighted by Crippen LogP contribution is -2.43. The zero-order valence-corrected chi connectivity index (χ0v) is 16.7. The number of unbranched alkanes of at least 4 members (excludes halogenated alkanes) is 1. The van der Waals surface area contributed by atoms with Gasteiger partial charge in [0, 0.05) is 20.2 Å². The summed E-state index contributed by atoms with van der Waals surface area (Å²) in [7, 11) is 1.51. The molecule has 0 unspecified atom stereocenters. The van der Waals surface area contributed by atoms with E-state index in [4.69, 9.17) is 10.5 Å². The highest BCUT2D eigenvalue weighted by Crippen LogP contribution is 2.19. The predicted octanol–water partition coefficient (Wildman–Crippen LogP) is 1.45. The lowest BCUT2D eigenvalue weighted by atomic mass is 10.1. The molecule has 0 bridgehead atoms. The molecule has 0 spiro atoms. The average Bonchev–Trinajstić information content (AvgIpc) is 2.65. The number of anilines is 2. The van der Waals surface area contributed by atoms with Gasteiger partial charge in [0.2, 0.25) is 5.91 Å². The van der Waals surface area contributed by atoms with E-state index in [1.54, 1.807) is 0 Å². The number of methoxy groups -OCH3 is 1. The second-order valence-electron chi connectivity index (χ2n) is 6.64. The molecule has 8 nitrogen and oxygen atoms in total. The van der Waals surface area contributed by atoms with E-state index < -0.39 is 11.2 Å². The number of nitrogens with zero attached hydrogens (tertiary/aromatic N) is 2. The van der Waals surface area contributed by atoms with Crippen LogP contribution in [0.5, 0.6) is 0 Å². The monoisotopic (exact) mass is 388 g/mol. The molecule has 0 aliphatic rings. The second-order valence-corrected chi connectivity index (χ2v) is 6.64. The minimum absolute atomic E-state index is 0.00330. The van der Waals surface area contributed by atoms with Gasteiger partial charge in [0.15, 0.2) is 5.69 Å². The topological polar surface area (TPSA) is 110 Å². The van der Waals surface area contributed by atoms with Crippen LogP contribution in [0.15, 0.2) is 33.9 Å². The summed E-state index contributed by atoms with van der Waals surface area (Å²) < 4.78 is 6.41. The van der Waals surface area contributed by atoms with Gasteiger partial charge < -0.3 is 15.4 Å². The molecule has 1 heterocycles. The zero-order valence-electron chi connectivity index (χ0n) is 16.7. The van der Waals surface area contributed by atoms with Gasteiger partial charge in [0.05, 0.1) is 13.0 Å². The van der Waals surface area contributed by atoms with Gasteiger partial charge in [0.1, 0.15) is 5.82 Å². The van der Waals surface area contributed by atoms with E-state index >= 15 is 0 Å². The highest BCUT2D eigenvalue weighted by Gasteiger charge is 2.24. The van der Waals surface area contributed by atoms with Crippen LogP contribution in [0.3, 0.4) is 0 Å². The molecule has 8 heteroatoms. The number of nitrogens with one attached hydrogen (secondary N) is 1. The molecular formula is C20H28N4O4. The van der Waals surface area contributed by atoms with Gasteiger partial charge in [0.25, 0.3) is 5.56 Å². The minimum Gasteiger partial charge on any atom is -0.383 e. The number of rotatable bonds is 9. The minimum atomic E-state index is -0.676. The number of hydrogen-bond acceptors (Lipinski definition) is 5. The third-order valence-electron chi connectivity index (χ3n) is 4.64. The molecule has 1 aromatic carbocycles. The van der Waals surface area contributed by atoms with Gasteiger partial charge >= 0.3 is 5.69 Å². The summed E-state index contributed by atoms with van der Waals surface area (Å²) in [4.78, 5) is 41.3. The molecule has 1 aromatic heterocycles. The van der Waals surface area contributed by atoms with E-state index in [1.165, 1.54) is 16.6 Å². The maximum Gasteiger partial charge on any atom is 0.330 e. The number of hydrogen-bond donors (Lipinski definition) is 2. The van der Waals surface area contributed by atoms with E-state index in [0.717, 1.165) is 24.0 Å². The quantitative estimate of drug-likeness (QED) is 0.675. The van der Waals surface area contributed by atoms with Crippen molar-refractivity contribution < 1.29 is 9.53 Å². The molecule has 0 fully saturated rings. The standard InChI is InChI=1S/C20H28N4O4/c1-4-5-10-24-18(21)17(19(26)22-20(24)27)23(11-12-28-3)16(25)13-15-9-7-6-8-14(15)2/h6-9H,4-5,10-13,21H2,1-3H3,(H,22,26,27). The molecular weight excluding hydrogens is 360 g/mol. The van der Waals surface area contributed by atoms with E-state index in [0.29, 0.717) is 6.54 Å². The largest absolute Gasteiger partial charge is 0.383 e. The van der Waals surface area contributed by atoms with Crippen molar-refractivity contribution in [3.05, 3.63) is 56.2 Å². The zero-order chi connectivity index (χ0) is 20.7. The SMILES string of the molecule is CCCCn1c(N)c(N(CCOC)C(=O)Cc2ccccc2C)c(=O)[nH]c1=O. The van der Waals surface area contributed by atoms with Crippen LogP contribution in [0.1, 0.15) is 30.9 Å². The van der Waals surface area contributed by atoms with Crippen molar-refractivity contribution in [2.24, 2.45) is 0 Å². The highest BCUT2D eigenvalue weighted by atomic mass is 16.5. The van der Waals surface area contributed by atoms with Gasteiger partial charge in [-0.3, -0.25) is 19.1 Å². The summed E-state index contributed by atoms with van der Waals surface area (Å²) in [5.41, 5.74) is 6.76. The van der Waals surface area contributed by atoms with Crippen molar-refractivity contribution in [2.45, 2.75) is 39.7 Å². The molecule has 1 amide bonds. The van der Waals surface area contributed by atoms with E-state index in [9.17, 15) is 14.4 Å². The van der Waals surface area contributed by atoms with Crippen molar-refractivity contribution in [1.82, 2.24) is 9.55 Å². The number of aromatic nitrogens is 2. The number of nitrogen functional groups attached to an aromatic ring is 1. The predicted molar refractivity (Wildman–Crippen MR) is 110 cm³/mol. The molecule has 28 heavy (non-hydrogen) atoms. The number of nitrogens with two attached hydrogens (primary N) is 1. The molecule has 0 saturated heterocycles. The van der Waals surface area contributed by atoms with E-state index in [1.807, 2.05) is 38.1 Å². The molecule has 0 aliphatic heterocycles. The number of amides is 1. The highest BCUT2D eigenvalue weighted by molar-refractivity contribution is 5.96. The number of benzene rings is 1. The molecule has 0 atom stereocenters. The Hall–Kier alpha value is -2.87. The van der Waals surface area contributed by atoms with Crippen LogP contribution in [-0.2, 0) is 22.5 Å². The Bertz CT molecular complexity index is 933. The number of aryl methyl sites for hydroxylation is 1. The fourth-order valence-electron chi connectivity index (χ4n) is 2.99. The molecule has 152 valence electrons. The van der Waals surface area contributed by atoms with Gasteiger partial charge in [-0.05, 0) is 24.5 Å². The first kappa shape index (κ1) is 21.4. The van der Waals surface area contributed by atoms with Crippen LogP contribution in [-0.4, -0.2) is 35.7 Å². The molecule has 0 radical (unpaired) electrons. The van der Waals surface area contributed by atoms with Gasteiger partial charge in [-0.25, -0.2) is 4.79 Å². The summed E-state index contributed by atoms with van der Waals surface area (Å²) >= 11 is 0. The molecule has 2 rings (SSSR count). The van der Waals surface area contributed by atoms with Crippen LogP contribution in [0, 0.1) is 6.92 Å². The molecule has 0 aliphatic carbocycles. The van der Waals surface area contributed by atoms with E-state index in [-0.39, 0.29) is 37.0 Å². The molecule has 2 aromatic rings. The first-order chi connectivity index (χ1) is 13.4. The van der Waals surface area contributed by atoms with Crippen LogP contribution in [0.25, 0.3) is 0 Å². The summed E-state index contributed by atoms with van der Waals surface area (Å²) in [5.74, 6) is -0.291. The summed E-state index contributed by atoms with van der Waals surface area (Å²) in [6.07, 6.45) is 1.70. The number of carbonyl (C=O) groups is 1. The summed E-state index contributed by atoms with van der Waals surface area (Å²) in [6.45, 7) is 4.67. The smallest absolute Gasteiger partial charge is 0.330 e. The van der Waals surface area contributed by atoms with Crippen molar-refractivity contribution in [1.29, 1.82) is 0 Å².